The first-order valence-corrected chi connectivity index (χ1v) is 10.8. The number of aromatic amines is 1. The number of aromatic nitrogens is 5. The van der Waals surface area contributed by atoms with E-state index >= 15 is 0 Å². The Morgan fingerprint density at radius 1 is 1.21 bits per heavy atom. The maximum atomic E-state index is 13.2. The van der Waals surface area contributed by atoms with Crippen molar-refractivity contribution in [2.45, 2.75) is 31.6 Å². The van der Waals surface area contributed by atoms with Crippen LogP contribution in [0.1, 0.15) is 28.4 Å². The molecule has 1 unspecified atom stereocenters. The second-order valence-electron chi connectivity index (χ2n) is 7.60. The SMILES string of the molecule is O=C(NC1CCn2cc(-c3ccc(F)cc3)nc2C1)c1[nH]ncc1-c1nc(C(F)(F)F)cs1. The van der Waals surface area contributed by atoms with Gasteiger partial charge in [-0.2, -0.15) is 18.3 Å². The van der Waals surface area contributed by atoms with E-state index in [0.29, 0.717) is 19.4 Å². The zero-order chi connectivity index (χ0) is 23.2. The summed E-state index contributed by atoms with van der Waals surface area (Å²) in [4.78, 5) is 21.1. The Morgan fingerprint density at radius 3 is 2.73 bits per heavy atom. The summed E-state index contributed by atoms with van der Waals surface area (Å²) in [5, 5.41) is 10.3. The van der Waals surface area contributed by atoms with Crippen LogP contribution in [0, 0.1) is 5.82 Å². The van der Waals surface area contributed by atoms with Crippen LogP contribution in [0.5, 0.6) is 0 Å². The molecular formula is C21H16F4N6OS. The van der Waals surface area contributed by atoms with Crippen molar-refractivity contribution in [3.05, 3.63) is 65.1 Å². The Balaban J connectivity index is 1.30. The quantitative estimate of drug-likeness (QED) is 0.430. The van der Waals surface area contributed by atoms with Crippen LogP contribution < -0.4 is 5.32 Å². The number of aryl methyl sites for hydroxylation is 1. The van der Waals surface area contributed by atoms with Gasteiger partial charge in [0.1, 0.15) is 22.3 Å². The van der Waals surface area contributed by atoms with Crippen LogP contribution in [0.15, 0.2) is 42.0 Å². The Labute approximate surface area is 188 Å². The second-order valence-corrected chi connectivity index (χ2v) is 8.46. The van der Waals surface area contributed by atoms with Crippen molar-refractivity contribution in [3.63, 3.8) is 0 Å². The van der Waals surface area contributed by atoms with Crippen LogP contribution in [0.3, 0.4) is 0 Å². The number of hydrogen-bond donors (Lipinski definition) is 2. The number of benzene rings is 1. The first-order chi connectivity index (χ1) is 15.8. The molecule has 33 heavy (non-hydrogen) atoms. The van der Waals surface area contributed by atoms with Crippen LogP contribution in [0.25, 0.3) is 21.8 Å². The maximum Gasteiger partial charge on any atom is 0.434 e. The van der Waals surface area contributed by atoms with Gasteiger partial charge in [0.2, 0.25) is 0 Å². The summed E-state index contributed by atoms with van der Waals surface area (Å²) < 4.78 is 53.8. The summed E-state index contributed by atoms with van der Waals surface area (Å²) in [7, 11) is 0. The minimum Gasteiger partial charge on any atom is -0.347 e. The Hall–Kier alpha value is -3.54. The van der Waals surface area contributed by atoms with E-state index in [1.807, 2.05) is 10.8 Å². The second kappa shape index (κ2) is 8.10. The van der Waals surface area contributed by atoms with E-state index in [2.05, 4.69) is 25.5 Å². The average Bonchev–Trinajstić information content (AvgIpc) is 3.51. The van der Waals surface area contributed by atoms with Crippen LogP contribution in [0.4, 0.5) is 17.6 Å². The number of nitrogens with one attached hydrogen (secondary N) is 2. The van der Waals surface area contributed by atoms with Crippen molar-refractivity contribution in [1.29, 1.82) is 0 Å². The van der Waals surface area contributed by atoms with Gasteiger partial charge in [-0.15, -0.1) is 11.3 Å². The average molecular weight is 476 g/mol. The summed E-state index contributed by atoms with van der Waals surface area (Å²) in [5.41, 5.74) is 0.772. The van der Waals surface area contributed by atoms with Gasteiger partial charge in [0.25, 0.3) is 5.91 Å². The highest BCUT2D eigenvalue weighted by Crippen LogP contribution is 2.34. The standard InChI is InChI=1S/C21H16F4N6OS/c22-12-3-1-11(2-4-12)15-9-31-6-5-13(7-17(31)28-15)27-19(32)18-14(8-26-30-18)20-29-16(10-33-20)21(23,24)25/h1-4,8-10,13H,5-7H2,(H,26,30)(H,27,32). The third-order valence-electron chi connectivity index (χ3n) is 5.37. The fourth-order valence-electron chi connectivity index (χ4n) is 3.72. The number of rotatable bonds is 4. The predicted molar refractivity (Wildman–Crippen MR) is 112 cm³/mol. The van der Waals surface area contributed by atoms with E-state index in [0.717, 1.165) is 33.8 Å². The number of thiazole rings is 1. The molecule has 1 amide bonds. The molecule has 1 aliphatic rings. The molecule has 0 radical (unpaired) electrons. The molecule has 5 rings (SSSR count). The normalized spacial score (nSPS) is 15.9. The molecule has 0 aliphatic carbocycles. The van der Waals surface area contributed by atoms with Gasteiger partial charge in [0.05, 0.1) is 17.5 Å². The van der Waals surface area contributed by atoms with Gasteiger partial charge in [0.15, 0.2) is 5.69 Å². The lowest BCUT2D eigenvalue weighted by molar-refractivity contribution is -0.140. The van der Waals surface area contributed by atoms with Crippen LogP contribution in [-0.4, -0.2) is 36.7 Å². The molecule has 1 atom stereocenters. The number of fused-ring (bicyclic) bond motifs is 1. The van der Waals surface area contributed by atoms with E-state index < -0.39 is 17.8 Å². The molecule has 0 bridgehead atoms. The molecule has 170 valence electrons. The van der Waals surface area contributed by atoms with Gasteiger partial charge in [-0.1, -0.05) is 0 Å². The molecule has 0 spiro atoms. The van der Waals surface area contributed by atoms with E-state index in [1.165, 1.54) is 18.3 Å². The Kier molecular flexibility index (Phi) is 5.23. The Morgan fingerprint density at radius 2 is 2.00 bits per heavy atom. The minimum atomic E-state index is -4.56. The number of imidazole rings is 1. The van der Waals surface area contributed by atoms with Gasteiger partial charge < -0.3 is 9.88 Å². The summed E-state index contributed by atoms with van der Waals surface area (Å²) in [6, 6.07) is 5.85. The van der Waals surface area contributed by atoms with Gasteiger partial charge in [-0.05, 0) is 30.7 Å². The Bertz CT molecular complexity index is 1310. The highest BCUT2D eigenvalue weighted by Gasteiger charge is 2.34. The predicted octanol–water partition coefficient (Wildman–Crippen LogP) is 4.30. The highest BCUT2D eigenvalue weighted by atomic mass is 32.1. The minimum absolute atomic E-state index is 0.0546. The fraction of sp³-hybridized carbons (Fsp3) is 0.238. The summed E-state index contributed by atoms with van der Waals surface area (Å²) >= 11 is 0.796. The molecular weight excluding hydrogens is 460 g/mol. The van der Waals surface area contributed by atoms with Gasteiger partial charge in [-0.3, -0.25) is 9.89 Å². The zero-order valence-corrected chi connectivity index (χ0v) is 17.7. The number of H-pyrrole nitrogens is 1. The lowest BCUT2D eigenvalue weighted by Crippen LogP contribution is -2.40. The van der Waals surface area contributed by atoms with Crippen molar-refractivity contribution in [3.8, 4) is 21.8 Å². The third kappa shape index (κ3) is 4.25. The lowest BCUT2D eigenvalue weighted by atomic mass is 10.1. The molecule has 0 saturated carbocycles. The molecule has 1 aliphatic heterocycles. The summed E-state index contributed by atoms with van der Waals surface area (Å²) in [6.07, 6.45) is -0.245. The van der Waals surface area contributed by atoms with E-state index in [-0.39, 0.29) is 28.1 Å². The molecule has 0 fully saturated rings. The highest BCUT2D eigenvalue weighted by molar-refractivity contribution is 7.13. The van der Waals surface area contributed by atoms with Gasteiger partial charge in [0, 0.05) is 36.1 Å². The molecule has 0 saturated heterocycles. The number of amides is 1. The molecule has 1 aromatic carbocycles. The van der Waals surface area contributed by atoms with Gasteiger partial charge >= 0.3 is 6.18 Å². The monoisotopic (exact) mass is 476 g/mol. The molecule has 4 aromatic rings. The molecule has 4 heterocycles. The zero-order valence-electron chi connectivity index (χ0n) is 16.9. The third-order valence-corrected chi connectivity index (χ3v) is 6.25. The van der Waals surface area contributed by atoms with Crippen LogP contribution in [0.2, 0.25) is 0 Å². The fourth-order valence-corrected chi connectivity index (χ4v) is 4.56. The largest absolute Gasteiger partial charge is 0.434 e. The van der Waals surface area contributed by atoms with Crippen molar-refractivity contribution < 1.29 is 22.4 Å². The van der Waals surface area contributed by atoms with Crippen molar-refractivity contribution in [1.82, 2.24) is 30.0 Å². The van der Waals surface area contributed by atoms with Gasteiger partial charge in [-0.25, -0.2) is 14.4 Å². The number of alkyl halides is 3. The van der Waals surface area contributed by atoms with E-state index in [1.54, 1.807) is 12.1 Å². The number of carbonyl (C=O) groups excluding carboxylic acids is 1. The molecule has 7 nitrogen and oxygen atoms in total. The first-order valence-electron chi connectivity index (χ1n) is 9.97. The molecule has 2 N–H and O–H groups in total. The smallest absolute Gasteiger partial charge is 0.347 e. The van der Waals surface area contributed by atoms with Crippen molar-refractivity contribution in [2.75, 3.05) is 0 Å². The summed E-state index contributed by atoms with van der Waals surface area (Å²) in [6.45, 7) is 0.631. The van der Waals surface area contributed by atoms with E-state index in [4.69, 9.17) is 0 Å². The topological polar surface area (TPSA) is 88.5 Å². The number of carbonyl (C=O) groups is 1. The molecule has 3 aromatic heterocycles. The number of hydrogen-bond acceptors (Lipinski definition) is 5. The van der Waals surface area contributed by atoms with Crippen LogP contribution >= 0.6 is 11.3 Å². The van der Waals surface area contributed by atoms with Crippen molar-refractivity contribution >= 4 is 17.2 Å². The number of nitrogens with zero attached hydrogens (tertiary/aromatic N) is 4. The van der Waals surface area contributed by atoms with Crippen molar-refractivity contribution in [2.24, 2.45) is 0 Å². The number of halogens is 4. The maximum absolute atomic E-state index is 13.2. The first kappa shape index (κ1) is 21.3. The molecule has 12 heteroatoms. The van der Waals surface area contributed by atoms with E-state index in [9.17, 15) is 22.4 Å². The summed E-state index contributed by atoms with van der Waals surface area (Å²) in [5.74, 6) is -0.0171. The van der Waals surface area contributed by atoms with Crippen LogP contribution in [-0.2, 0) is 19.1 Å². The lowest BCUT2D eigenvalue weighted by Gasteiger charge is -2.24.